The SMILES string of the molecule is CCCc1ccc(-c2ccc(CCC3CCC(CC)CC3)cc2F)nc1. The fourth-order valence-corrected chi connectivity index (χ4v) is 4.24. The van der Waals surface area contributed by atoms with Gasteiger partial charge >= 0.3 is 0 Å². The van der Waals surface area contributed by atoms with Gasteiger partial charge in [0.2, 0.25) is 0 Å². The summed E-state index contributed by atoms with van der Waals surface area (Å²) in [5.41, 5.74) is 3.67. The summed E-state index contributed by atoms with van der Waals surface area (Å²) in [6.45, 7) is 4.46. The fourth-order valence-electron chi connectivity index (χ4n) is 4.24. The average molecular weight is 354 g/mol. The number of hydrogen-bond donors (Lipinski definition) is 0. The summed E-state index contributed by atoms with van der Waals surface area (Å²) >= 11 is 0. The van der Waals surface area contributed by atoms with E-state index in [9.17, 15) is 4.39 Å². The zero-order valence-electron chi connectivity index (χ0n) is 16.3. The van der Waals surface area contributed by atoms with Crippen molar-refractivity contribution in [3.8, 4) is 11.3 Å². The monoisotopic (exact) mass is 353 g/mol. The second-order valence-corrected chi connectivity index (χ2v) is 7.95. The highest BCUT2D eigenvalue weighted by molar-refractivity contribution is 5.60. The average Bonchev–Trinajstić information content (AvgIpc) is 2.68. The van der Waals surface area contributed by atoms with E-state index in [-0.39, 0.29) is 5.82 Å². The van der Waals surface area contributed by atoms with Gasteiger partial charge in [0.05, 0.1) is 5.69 Å². The second kappa shape index (κ2) is 9.30. The van der Waals surface area contributed by atoms with Crippen molar-refractivity contribution in [3.63, 3.8) is 0 Å². The van der Waals surface area contributed by atoms with Gasteiger partial charge in [0.1, 0.15) is 5.82 Å². The highest BCUT2D eigenvalue weighted by atomic mass is 19.1. The lowest BCUT2D eigenvalue weighted by Crippen LogP contribution is -2.14. The Kier molecular flexibility index (Phi) is 6.82. The molecule has 0 atom stereocenters. The van der Waals surface area contributed by atoms with Crippen molar-refractivity contribution < 1.29 is 4.39 Å². The highest BCUT2D eigenvalue weighted by Gasteiger charge is 2.19. The number of benzene rings is 1. The molecule has 2 heteroatoms. The molecule has 3 rings (SSSR count). The summed E-state index contributed by atoms with van der Waals surface area (Å²) < 4.78 is 14.6. The van der Waals surface area contributed by atoms with E-state index in [0.29, 0.717) is 5.56 Å². The first-order valence-corrected chi connectivity index (χ1v) is 10.4. The molecule has 0 unspecified atom stereocenters. The molecule has 1 fully saturated rings. The summed E-state index contributed by atoms with van der Waals surface area (Å²) in [7, 11) is 0. The van der Waals surface area contributed by atoms with E-state index in [1.165, 1.54) is 44.1 Å². The van der Waals surface area contributed by atoms with Gasteiger partial charge in [-0.1, -0.05) is 64.5 Å². The number of rotatable bonds is 7. The first kappa shape index (κ1) is 19.1. The van der Waals surface area contributed by atoms with E-state index in [0.717, 1.165) is 42.4 Å². The molecule has 2 aromatic rings. The summed E-state index contributed by atoms with van der Waals surface area (Å²) in [6.07, 6.45) is 13.0. The van der Waals surface area contributed by atoms with Crippen LogP contribution in [0.3, 0.4) is 0 Å². The summed E-state index contributed by atoms with van der Waals surface area (Å²) in [5, 5.41) is 0. The lowest BCUT2D eigenvalue weighted by atomic mass is 9.78. The van der Waals surface area contributed by atoms with Gasteiger partial charge in [-0.3, -0.25) is 4.98 Å². The Hall–Kier alpha value is -1.70. The standard InChI is InChI=1S/C24H32FN/c1-3-5-21-13-15-24(26-17-21)22-14-12-20(16-23(22)25)11-10-19-8-6-18(4-2)7-9-19/h12-19H,3-11H2,1-2H3. The molecule has 1 heterocycles. The van der Waals surface area contributed by atoms with Gasteiger partial charge < -0.3 is 0 Å². The predicted octanol–water partition coefficient (Wildman–Crippen LogP) is 6.99. The van der Waals surface area contributed by atoms with Crippen molar-refractivity contribution in [2.24, 2.45) is 11.8 Å². The Morgan fingerprint density at radius 3 is 2.27 bits per heavy atom. The van der Waals surface area contributed by atoms with E-state index < -0.39 is 0 Å². The third kappa shape index (κ3) is 4.93. The molecule has 0 bridgehead atoms. The van der Waals surface area contributed by atoms with Gasteiger partial charge in [0, 0.05) is 11.8 Å². The quantitative estimate of drug-likeness (QED) is 0.523. The Morgan fingerprint density at radius 2 is 1.65 bits per heavy atom. The maximum Gasteiger partial charge on any atom is 0.132 e. The minimum Gasteiger partial charge on any atom is -0.256 e. The molecule has 1 aliphatic rings. The molecule has 26 heavy (non-hydrogen) atoms. The maximum absolute atomic E-state index is 14.6. The summed E-state index contributed by atoms with van der Waals surface area (Å²) in [4.78, 5) is 4.45. The van der Waals surface area contributed by atoms with Crippen LogP contribution in [0.25, 0.3) is 11.3 Å². The molecular weight excluding hydrogens is 321 g/mol. The van der Waals surface area contributed by atoms with E-state index >= 15 is 0 Å². The Morgan fingerprint density at radius 1 is 0.923 bits per heavy atom. The van der Waals surface area contributed by atoms with Crippen molar-refractivity contribution in [3.05, 3.63) is 53.5 Å². The van der Waals surface area contributed by atoms with Crippen LogP contribution >= 0.6 is 0 Å². The molecule has 1 aliphatic carbocycles. The summed E-state index contributed by atoms with van der Waals surface area (Å²) in [6, 6.07) is 9.70. The van der Waals surface area contributed by atoms with Crippen molar-refractivity contribution in [1.29, 1.82) is 0 Å². The molecule has 140 valence electrons. The third-order valence-corrected chi connectivity index (χ3v) is 6.06. The lowest BCUT2D eigenvalue weighted by molar-refractivity contribution is 0.259. The van der Waals surface area contributed by atoms with E-state index in [4.69, 9.17) is 0 Å². The van der Waals surface area contributed by atoms with Crippen molar-refractivity contribution in [1.82, 2.24) is 4.98 Å². The van der Waals surface area contributed by atoms with Crippen molar-refractivity contribution in [2.45, 2.75) is 71.6 Å². The van der Waals surface area contributed by atoms with E-state index in [2.05, 4.69) is 31.0 Å². The molecule has 0 radical (unpaired) electrons. The topological polar surface area (TPSA) is 12.9 Å². The molecule has 0 saturated heterocycles. The van der Waals surface area contributed by atoms with Crippen molar-refractivity contribution in [2.75, 3.05) is 0 Å². The molecule has 0 aliphatic heterocycles. The molecule has 0 N–H and O–H groups in total. The van der Waals surface area contributed by atoms with Gasteiger partial charge in [-0.05, 0) is 60.4 Å². The van der Waals surface area contributed by atoms with Gasteiger partial charge in [-0.15, -0.1) is 0 Å². The zero-order valence-corrected chi connectivity index (χ0v) is 16.3. The Labute approximate surface area is 158 Å². The number of halogens is 1. The number of hydrogen-bond acceptors (Lipinski definition) is 1. The number of aryl methyl sites for hydroxylation is 2. The Bertz CT molecular complexity index is 684. The van der Waals surface area contributed by atoms with Crippen LogP contribution in [-0.4, -0.2) is 4.98 Å². The first-order valence-electron chi connectivity index (χ1n) is 10.4. The molecule has 1 aromatic heterocycles. The van der Waals surface area contributed by atoms with Crippen LogP contribution in [0.15, 0.2) is 36.5 Å². The van der Waals surface area contributed by atoms with Gasteiger partial charge in [0.25, 0.3) is 0 Å². The van der Waals surface area contributed by atoms with Crippen LogP contribution in [0, 0.1) is 17.7 Å². The molecular formula is C24H32FN. The largest absolute Gasteiger partial charge is 0.256 e. The van der Waals surface area contributed by atoms with Crippen LogP contribution in [-0.2, 0) is 12.8 Å². The molecule has 1 nitrogen and oxygen atoms in total. The van der Waals surface area contributed by atoms with Crippen LogP contribution < -0.4 is 0 Å². The maximum atomic E-state index is 14.6. The minimum atomic E-state index is -0.145. The van der Waals surface area contributed by atoms with Crippen LogP contribution in [0.5, 0.6) is 0 Å². The van der Waals surface area contributed by atoms with E-state index in [1.54, 1.807) is 6.07 Å². The zero-order chi connectivity index (χ0) is 18.4. The van der Waals surface area contributed by atoms with Crippen LogP contribution in [0.1, 0.15) is 69.9 Å². The first-order chi connectivity index (χ1) is 12.7. The third-order valence-electron chi connectivity index (χ3n) is 6.06. The lowest BCUT2D eigenvalue weighted by Gasteiger charge is -2.27. The normalized spacial score (nSPS) is 20.3. The Balaban J connectivity index is 1.59. The van der Waals surface area contributed by atoms with Gasteiger partial charge in [-0.2, -0.15) is 0 Å². The fraction of sp³-hybridized carbons (Fsp3) is 0.542. The van der Waals surface area contributed by atoms with Crippen LogP contribution in [0.4, 0.5) is 4.39 Å². The highest BCUT2D eigenvalue weighted by Crippen LogP contribution is 2.33. The summed E-state index contributed by atoms with van der Waals surface area (Å²) in [5.74, 6) is 1.63. The van der Waals surface area contributed by atoms with Gasteiger partial charge in [-0.25, -0.2) is 4.39 Å². The second-order valence-electron chi connectivity index (χ2n) is 7.95. The molecule has 0 spiro atoms. The van der Waals surface area contributed by atoms with E-state index in [1.807, 2.05) is 18.3 Å². The molecule has 1 saturated carbocycles. The number of pyridine rings is 1. The van der Waals surface area contributed by atoms with Gasteiger partial charge in [0.15, 0.2) is 0 Å². The predicted molar refractivity (Wildman–Crippen MR) is 108 cm³/mol. The van der Waals surface area contributed by atoms with Crippen molar-refractivity contribution >= 4 is 0 Å². The minimum absolute atomic E-state index is 0.145. The smallest absolute Gasteiger partial charge is 0.132 e. The number of nitrogens with zero attached hydrogens (tertiary/aromatic N) is 1. The molecule has 0 amide bonds. The van der Waals surface area contributed by atoms with Crippen LogP contribution in [0.2, 0.25) is 0 Å². The molecule has 1 aromatic carbocycles. The number of aromatic nitrogens is 1.